The third-order valence-electron chi connectivity index (χ3n) is 4.86. The van der Waals surface area contributed by atoms with Crippen molar-refractivity contribution in [2.75, 3.05) is 7.11 Å². The molecule has 2 aromatic rings. The van der Waals surface area contributed by atoms with Crippen LogP contribution in [-0.2, 0) is 4.79 Å². The molecule has 0 bridgehead atoms. The minimum Gasteiger partial charge on any atom is -0.496 e. The van der Waals surface area contributed by atoms with E-state index in [1.807, 2.05) is 65.0 Å². The molecule has 4 nitrogen and oxygen atoms in total. The fourth-order valence-electron chi connectivity index (χ4n) is 3.06. The van der Waals surface area contributed by atoms with E-state index in [1.165, 1.54) is 0 Å². The monoisotopic (exact) mass is 355 g/mol. The smallest absolute Gasteiger partial charge is 0.256 e. The van der Waals surface area contributed by atoms with Gasteiger partial charge in [0.1, 0.15) is 5.75 Å². The van der Waals surface area contributed by atoms with Gasteiger partial charge in [-0.15, -0.1) is 0 Å². The van der Waals surface area contributed by atoms with Crippen molar-refractivity contribution in [2.24, 2.45) is 11.3 Å². The minimum atomic E-state index is -0.561. The maximum absolute atomic E-state index is 13.2. The Bertz CT molecular complexity index is 805. The molecular formula is C22H29NO3. The molecule has 2 aromatic carbocycles. The molecule has 0 saturated heterocycles. The number of amides is 1. The third-order valence-corrected chi connectivity index (χ3v) is 4.86. The van der Waals surface area contributed by atoms with Crippen LogP contribution in [-0.4, -0.2) is 24.8 Å². The summed E-state index contributed by atoms with van der Waals surface area (Å²) in [7, 11) is 1.55. The van der Waals surface area contributed by atoms with Crippen LogP contribution in [0.15, 0.2) is 36.4 Å². The quantitative estimate of drug-likeness (QED) is 0.823. The van der Waals surface area contributed by atoms with Gasteiger partial charge in [0.15, 0.2) is 5.78 Å². The van der Waals surface area contributed by atoms with Gasteiger partial charge in [-0.2, -0.15) is 0 Å². The summed E-state index contributed by atoms with van der Waals surface area (Å²) in [6.45, 7) is 9.80. The van der Waals surface area contributed by atoms with Crippen molar-refractivity contribution < 1.29 is 14.3 Å². The zero-order valence-electron chi connectivity index (χ0n) is 16.6. The van der Waals surface area contributed by atoms with Crippen LogP contribution in [0.1, 0.15) is 51.4 Å². The highest BCUT2D eigenvalue weighted by molar-refractivity contribution is 6.10. The van der Waals surface area contributed by atoms with Crippen LogP contribution in [0.4, 0.5) is 0 Å². The Morgan fingerprint density at radius 2 is 1.77 bits per heavy atom. The second-order valence-corrected chi connectivity index (χ2v) is 7.85. The molecule has 0 aliphatic rings. The Hall–Kier alpha value is -2.36. The second-order valence-electron chi connectivity index (χ2n) is 7.85. The van der Waals surface area contributed by atoms with Gasteiger partial charge in [0.2, 0.25) is 0 Å². The van der Waals surface area contributed by atoms with Gasteiger partial charge in [0.25, 0.3) is 5.91 Å². The summed E-state index contributed by atoms with van der Waals surface area (Å²) in [5.74, 6) is 0.182. The number of fused-ring (bicyclic) bond motifs is 1. The number of carbonyl (C=O) groups excluding carboxylic acids is 2. The van der Waals surface area contributed by atoms with Crippen molar-refractivity contribution in [1.29, 1.82) is 0 Å². The van der Waals surface area contributed by atoms with E-state index >= 15 is 0 Å². The summed E-state index contributed by atoms with van der Waals surface area (Å²) in [5.41, 5.74) is 0.0883. The summed E-state index contributed by atoms with van der Waals surface area (Å²) in [6.07, 6.45) is 0.749. The molecule has 0 aliphatic carbocycles. The van der Waals surface area contributed by atoms with Crippen LogP contribution in [0.5, 0.6) is 5.75 Å². The maximum atomic E-state index is 13.2. The molecule has 0 aliphatic heterocycles. The summed E-state index contributed by atoms with van der Waals surface area (Å²) >= 11 is 0. The van der Waals surface area contributed by atoms with E-state index in [1.54, 1.807) is 13.2 Å². The number of hydrogen-bond donors (Lipinski definition) is 1. The number of carbonyl (C=O) groups is 2. The van der Waals surface area contributed by atoms with Crippen LogP contribution in [0.3, 0.4) is 0 Å². The molecular weight excluding hydrogens is 326 g/mol. The Labute approximate surface area is 155 Å². The molecule has 1 amide bonds. The predicted octanol–water partition coefficient (Wildman–Crippen LogP) is 4.61. The van der Waals surface area contributed by atoms with Crippen molar-refractivity contribution in [3.05, 3.63) is 42.0 Å². The van der Waals surface area contributed by atoms with E-state index in [0.29, 0.717) is 11.3 Å². The molecule has 2 atom stereocenters. The van der Waals surface area contributed by atoms with E-state index in [9.17, 15) is 9.59 Å². The second kappa shape index (κ2) is 7.90. The van der Waals surface area contributed by atoms with E-state index in [0.717, 1.165) is 17.2 Å². The average Bonchev–Trinajstić information content (AvgIpc) is 2.62. The standard InChI is InChI=1S/C22H29NO3/c1-7-14(2)19(24)20(22(3,4)5)23-21(25)18-16-11-9-8-10-15(16)12-13-17(18)26-6/h8-14,20H,7H2,1-6H3,(H,23,25). The lowest BCUT2D eigenvalue weighted by molar-refractivity contribution is -0.126. The van der Waals surface area contributed by atoms with Crippen molar-refractivity contribution in [3.8, 4) is 5.75 Å². The number of nitrogens with one attached hydrogen (secondary N) is 1. The number of Topliss-reactive ketones (excluding diaryl/α,β-unsaturated/α-hetero) is 1. The van der Waals surface area contributed by atoms with Crippen LogP contribution in [0.2, 0.25) is 0 Å². The van der Waals surface area contributed by atoms with Gasteiger partial charge in [0, 0.05) is 5.92 Å². The van der Waals surface area contributed by atoms with E-state index in [2.05, 4.69) is 5.32 Å². The molecule has 0 heterocycles. The van der Waals surface area contributed by atoms with E-state index < -0.39 is 6.04 Å². The average molecular weight is 355 g/mol. The van der Waals surface area contributed by atoms with Gasteiger partial charge in [-0.05, 0) is 28.7 Å². The Morgan fingerprint density at radius 3 is 2.35 bits per heavy atom. The Morgan fingerprint density at radius 1 is 1.12 bits per heavy atom. The van der Waals surface area contributed by atoms with Crippen LogP contribution in [0.25, 0.3) is 10.8 Å². The number of ether oxygens (including phenoxy) is 1. The third kappa shape index (κ3) is 4.06. The first-order chi connectivity index (χ1) is 12.2. The predicted molar refractivity (Wildman–Crippen MR) is 106 cm³/mol. The maximum Gasteiger partial charge on any atom is 0.256 e. The number of methoxy groups -OCH3 is 1. The van der Waals surface area contributed by atoms with Crippen LogP contribution in [0, 0.1) is 11.3 Å². The molecule has 0 aromatic heterocycles. The summed E-state index contributed by atoms with van der Waals surface area (Å²) in [6, 6.07) is 10.8. The zero-order valence-corrected chi connectivity index (χ0v) is 16.6. The molecule has 1 N–H and O–H groups in total. The van der Waals surface area contributed by atoms with Crippen molar-refractivity contribution in [1.82, 2.24) is 5.32 Å². The molecule has 0 spiro atoms. The lowest BCUT2D eigenvalue weighted by Crippen LogP contribution is -2.50. The first-order valence-electron chi connectivity index (χ1n) is 9.11. The summed E-state index contributed by atoms with van der Waals surface area (Å²) < 4.78 is 5.43. The first-order valence-corrected chi connectivity index (χ1v) is 9.11. The normalized spacial score (nSPS) is 13.9. The number of rotatable bonds is 6. The lowest BCUT2D eigenvalue weighted by Gasteiger charge is -2.32. The van der Waals surface area contributed by atoms with Crippen LogP contribution >= 0.6 is 0 Å². The molecule has 0 radical (unpaired) electrons. The topological polar surface area (TPSA) is 55.4 Å². The Balaban J connectivity index is 2.47. The van der Waals surface area contributed by atoms with E-state index in [-0.39, 0.29) is 23.0 Å². The lowest BCUT2D eigenvalue weighted by atomic mass is 9.80. The number of ketones is 1. The highest BCUT2D eigenvalue weighted by atomic mass is 16.5. The molecule has 0 fully saturated rings. The Kier molecular flexibility index (Phi) is 6.06. The summed E-state index contributed by atoms with van der Waals surface area (Å²) in [5, 5.41) is 4.76. The molecule has 2 unspecified atom stereocenters. The first kappa shape index (κ1) is 20.0. The molecule has 140 valence electrons. The van der Waals surface area contributed by atoms with Gasteiger partial charge >= 0.3 is 0 Å². The van der Waals surface area contributed by atoms with Gasteiger partial charge < -0.3 is 10.1 Å². The summed E-state index contributed by atoms with van der Waals surface area (Å²) in [4.78, 5) is 26.0. The van der Waals surface area contributed by atoms with Gasteiger partial charge in [0.05, 0.1) is 18.7 Å². The number of hydrogen-bond acceptors (Lipinski definition) is 3. The van der Waals surface area contributed by atoms with Crippen molar-refractivity contribution in [2.45, 2.75) is 47.1 Å². The van der Waals surface area contributed by atoms with Crippen LogP contribution < -0.4 is 10.1 Å². The molecule has 0 saturated carbocycles. The fourth-order valence-corrected chi connectivity index (χ4v) is 3.06. The molecule has 2 rings (SSSR count). The zero-order chi connectivity index (χ0) is 19.5. The van der Waals surface area contributed by atoms with Crippen molar-refractivity contribution >= 4 is 22.5 Å². The highest BCUT2D eigenvalue weighted by Crippen LogP contribution is 2.29. The van der Waals surface area contributed by atoms with Gasteiger partial charge in [-0.25, -0.2) is 0 Å². The van der Waals surface area contributed by atoms with Crippen molar-refractivity contribution in [3.63, 3.8) is 0 Å². The minimum absolute atomic E-state index is 0.0625. The molecule has 26 heavy (non-hydrogen) atoms. The fraction of sp³-hybridized carbons (Fsp3) is 0.455. The highest BCUT2D eigenvalue weighted by Gasteiger charge is 2.35. The SMILES string of the molecule is CCC(C)C(=O)C(NC(=O)c1c(OC)ccc2ccccc12)C(C)(C)C. The molecule has 4 heteroatoms. The van der Waals surface area contributed by atoms with Gasteiger partial charge in [-0.3, -0.25) is 9.59 Å². The number of benzene rings is 2. The van der Waals surface area contributed by atoms with Gasteiger partial charge in [-0.1, -0.05) is 65.0 Å². The van der Waals surface area contributed by atoms with E-state index in [4.69, 9.17) is 4.74 Å². The largest absolute Gasteiger partial charge is 0.496 e.